The van der Waals surface area contributed by atoms with Crippen LogP contribution < -0.4 is 11.5 Å². The van der Waals surface area contributed by atoms with E-state index in [4.69, 9.17) is 32.1 Å². The molecule has 0 spiro atoms. The lowest BCUT2D eigenvalue weighted by molar-refractivity contribution is 0.276. The van der Waals surface area contributed by atoms with Crippen molar-refractivity contribution in [2.24, 2.45) is 0 Å². The van der Waals surface area contributed by atoms with Crippen molar-refractivity contribution in [1.82, 2.24) is 0 Å². The minimum Gasteiger partial charge on any atom is -0.413 e. The molecule has 0 aliphatic heterocycles. The summed E-state index contributed by atoms with van der Waals surface area (Å²) in [6.45, 7) is 23.0. The predicted octanol–water partition coefficient (Wildman–Crippen LogP) is 7.78. The zero-order valence-corrected chi connectivity index (χ0v) is 25.2. The molecule has 5 N–H and O–H groups in total. The highest BCUT2D eigenvalue weighted by Crippen LogP contribution is 2.38. The first-order valence-corrected chi connectivity index (χ1v) is 18.3. The fourth-order valence-corrected chi connectivity index (χ4v) is 2.82. The summed E-state index contributed by atoms with van der Waals surface area (Å²) < 4.78 is 6.12. The predicted molar refractivity (Wildman–Crippen MR) is 153 cm³/mol. The van der Waals surface area contributed by atoms with Crippen molar-refractivity contribution in [1.29, 1.82) is 0 Å². The second kappa shape index (κ2) is 13.0. The molecule has 0 radical (unpaired) electrons. The molecule has 2 aromatic rings. The number of benzene rings is 2. The molecule has 0 atom stereocenters. The first kappa shape index (κ1) is 31.7. The summed E-state index contributed by atoms with van der Waals surface area (Å²) >= 11 is 6.15. The summed E-state index contributed by atoms with van der Waals surface area (Å²) in [6, 6.07) is 15.1. The summed E-state index contributed by atoms with van der Waals surface area (Å²) in [5.41, 5.74) is 14.7. The molecular formula is C26H47ClN2O2Si2. The van der Waals surface area contributed by atoms with Crippen molar-refractivity contribution in [2.45, 2.75) is 91.0 Å². The fourth-order valence-electron chi connectivity index (χ4n) is 1.85. The molecule has 0 aromatic heterocycles. The number of nitrogens with two attached hydrogens (primary N) is 2. The molecule has 0 aliphatic rings. The summed E-state index contributed by atoms with van der Waals surface area (Å²) in [4.78, 5) is 0. The number of hydrogen-bond acceptors (Lipinski definition) is 4. The monoisotopic (exact) mass is 510 g/mol. The van der Waals surface area contributed by atoms with Gasteiger partial charge < -0.3 is 21.0 Å². The minimum atomic E-state index is -1.65. The van der Waals surface area contributed by atoms with Crippen molar-refractivity contribution in [2.75, 3.05) is 11.5 Å². The molecule has 0 saturated heterocycles. The Morgan fingerprint density at radius 2 is 1.18 bits per heavy atom. The first-order chi connectivity index (χ1) is 14.8. The molecule has 0 amide bonds. The van der Waals surface area contributed by atoms with Crippen LogP contribution in [0.15, 0.2) is 48.5 Å². The highest BCUT2D eigenvalue weighted by molar-refractivity contribution is 7.20. The van der Waals surface area contributed by atoms with E-state index in [0.29, 0.717) is 17.3 Å². The van der Waals surface area contributed by atoms with Crippen molar-refractivity contribution in [3.63, 3.8) is 0 Å². The Bertz CT molecular complexity index is 827. The third kappa shape index (κ3) is 12.6. The second-order valence-electron chi connectivity index (χ2n) is 11.4. The number of hydrogen-bond donors (Lipinski definition) is 3. The summed E-state index contributed by atoms with van der Waals surface area (Å²) in [7, 11) is -3.03. The van der Waals surface area contributed by atoms with E-state index in [2.05, 4.69) is 73.8 Å². The number of nitrogen functional groups attached to an aromatic ring is 2. The van der Waals surface area contributed by atoms with Gasteiger partial charge in [-0.05, 0) is 58.6 Å². The molecule has 0 bridgehead atoms. The smallest absolute Gasteiger partial charge is 0.192 e. The lowest BCUT2D eigenvalue weighted by Crippen LogP contribution is -2.40. The van der Waals surface area contributed by atoms with Crippen molar-refractivity contribution in [3.05, 3.63) is 59.7 Å². The van der Waals surface area contributed by atoms with Crippen molar-refractivity contribution in [3.8, 4) is 0 Å². The SMILES string of the molecule is CC(C)(C)[Si](C)(C)Cl.CC(C)(C)[Si](C)(C)OCc1cccc(N)c1.Nc1cccc(CO)c1. The van der Waals surface area contributed by atoms with Gasteiger partial charge in [0, 0.05) is 11.4 Å². The van der Waals surface area contributed by atoms with Crippen LogP contribution >= 0.6 is 11.1 Å². The topological polar surface area (TPSA) is 81.5 Å². The summed E-state index contributed by atoms with van der Waals surface area (Å²) in [5.74, 6) is 0. The Balaban J connectivity index is 0.000000511. The van der Waals surface area contributed by atoms with Gasteiger partial charge in [-0.15, -0.1) is 0 Å². The average Bonchev–Trinajstić information content (AvgIpc) is 2.65. The Morgan fingerprint density at radius 3 is 1.48 bits per heavy atom. The van der Waals surface area contributed by atoms with E-state index in [-0.39, 0.29) is 11.6 Å². The average molecular weight is 511 g/mol. The van der Waals surface area contributed by atoms with Crippen LogP contribution in [-0.4, -0.2) is 20.8 Å². The highest BCUT2D eigenvalue weighted by Gasteiger charge is 2.37. The Labute approximate surface area is 209 Å². The second-order valence-corrected chi connectivity index (χ2v) is 23.5. The van der Waals surface area contributed by atoms with Gasteiger partial charge in [-0.1, -0.05) is 78.9 Å². The zero-order chi connectivity index (χ0) is 26.1. The molecule has 2 aromatic carbocycles. The maximum absolute atomic E-state index is 8.61. The normalized spacial score (nSPS) is 12.2. The van der Waals surface area contributed by atoms with Crippen LogP contribution in [0.1, 0.15) is 52.7 Å². The van der Waals surface area contributed by atoms with Crippen LogP contribution in [0.25, 0.3) is 0 Å². The largest absolute Gasteiger partial charge is 0.413 e. The van der Waals surface area contributed by atoms with Crippen molar-refractivity contribution < 1.29 is 9.53 Å². The fraction of sp³-hybridized carbons (Fsp3) is 0.538. The number of halogens is 1. The van der Waals surface area contributed by atoms with Gasteiger partial charge in [0.2, 0.25) is 0 Å². The molecule has 4 nitrogen and oxygen atoms in total. The van der Waals surface area contributed by atoms with Gasteiger partial charge in [0.25, 0.3) is 0 Å². The molecule has 188 valence electrons. The quantitative estimate of drug-likeness (QED) is 0.223. The minimum absolute atomic E-state index is 0.0606. The lowest BCUT2D eigenvalue weighted by atomic mass is 10.2. The number of aliphatic hydroxyl groups is 1. The van der Waals surface area contributed by atoms with Gasteiger partial charge in [0.1, 0.15) is 0 Å². The van der Waals surface area contributed by atoms with Crippen LogP contribution in [0.3, 0.4) is 0 Å². The molecule has 0 fully saturated rings. The number of anilines is 2. The lowest BCUT2D eigenvalue weighted by Gasteiger charge is -2.36. The summed E-state index contributed by atoms with van der Waals surface area (Å²) in [5, 5.41) is 9.21. The van der Waals surface area contributed by atoms with E-state index >= 15 is 0 Å². The third-order valence-electron chi connectivity index (χ3n) is 6.27. The third-order valence-corrected chi connectivity index (χ3v) is 16.0. The van der Waals surface area contributed by atoms with Gasteiger partial charge in [0.05, 0.1) is 13.2 Å². The van der Waals surface area contributed by atoms with Gasteiger partial charge in [-0.25, -0.2) is 0 Å². The van der Waals surface area contributed by atoms with Crippen LogP contribution in [-0.2, 0) is 17.6 Å². The summed E-state index contributed by atoms with van der Waals surface area (Å²) in [6.07, 6.45) is 0. The van der Waals surface area contributed by atoms with E-state index in [0.717, 1.165) is 16.8 Å². The van der Waals surface area contributed by atoms with Crippen LogP contribution in [0.5, 0.6) is 0 Å². The van der Waals surface area contributed by atoms with E-state index in [1.54, 1.807) is 12.1 Å². The van der Waals surface area contributed by atoms with Crippen LogP contribution in [0.2, 0.25) is 36.3 Å². The van der Waals surface area contributed by atoms with Gasteiger partial charge in [0.15, 0.2) is 15.7 Å². The van der Waals surface area contributed by atoms with Crippen LogP contribution in [0.4, 0.5) is 11.4 Å². The maximum atomic E-state index is 8.61. The number of aliphatic hydroxyl groups excluding tert-OH is 1. The Hall–Kier alpha value is -1.32. The molecule has 0 unspecified atom stereocenters. The molecule has 0 saturated carbocycles. The van der Waals surface area contributed by atoms with E-state index in [1.165, 1.54) is 0 Å². The highest BCUT2D eigenvalue weighted by atomic mass is 35.6. The molecule has 2 rings (SSSR count). The van der Waals surface area contributed by atoms with Crippen molar-refractivity contribution >= 4 is 38.2 Å². The maximum Gasteiger partial charge on any atom is 0.192 e. The van der Waals surface area contributed by atoms with Crippen LogP contribution in [0, 0.1) is 0 Å². The number of rotatable bonds is 4. The van der Waals surface area contributed by atoms with E-state index in [1.807, 2.05) is 30.3 Å². The Morgan fingerprint density at radius 1 is 0.788 bits per heavy atom. The standard InChI is InChI=1S/C13H23NOSi.C7H9NO.C6H15ClSi/c1-13(2,3)16(4,5)15-10-11-7-6-8-12(14)9-11;8-7-3-1-2-6(4-7)5-9;1-6(2,3)8(4,5)7/h6-9H,10,14H2,1-5H3;1-4,9H,5,8H2;1-5H3. The van der Waals surface area contributed by atoms with Gasteiger partial charge >= 0.3 is 0 Å². The molecule has 0 heterocycles. The van der Waals surface area contributed by atoms with E-state index in [9.17, 15) is 0 Å². The Kier molecular flexibility index (Phi) is 12.4. The molecule has 0 aliphatic carbocycles. The first-order valence-electron chi connectivity index (χ1n) is 11.4. The molecule has 7 heteroatoms. The molecular weight excluding hydrogens is 464 g/mol. The van der Waals surface area contributed by atoms with E-state index < -0.39 is 15.7 Å². The molecule has 33 heavy (non-hydrogen) atoms. The zero-order valence-electron chi connectivity index (χ0n) is 22.4. The van der Waals surface area contributed by atoms with Gasteiger partial charge in [-0.3, -0.25) is 0 Å². The van der Waals surface area contributed by atoms with Gasteiger partial charge in [-0.2, -0.15) is 11.1 Å².